The summed E-state index contributed by atoms with van der Waals surface area (Å²) in [5, 5.41) is 26.9. The Morgan fingerprint density at radius 2 is 1.89 bits per heavy atom. The van der Waals surface area contributed by atoms with Crippen molar-refractivity contribution in [2.45, 2.75) is 134 Å². The molecule has 1 aromatic rings. The molecule has 3 N–H and O–H groups in total. The van der Waals surface area contributed by atoms with Gasteiger partial charge in [-0.2, -0.15) is 0 Å². The number of rotatable bonds is 8. The molecule has 16 atom stereocenters. The van der Waals surface area contributed by atoms with Crippen molar-refractivity contribution in [1.82, 2.24) is 10.2 Å². The van der Waals surface area contributed by atoms with Gasteiger partial charge in [-0.1, -0.05) is 33.8 Å². The molecule has 3 aliphatic carbocycles. The predicted molar refractivity (Wildman–Crippen MR) is 200 cm³/mol. The maximum atomic E-state index is 15.0. The summed E-state index contributed by atoms with van der Waals surface area (Å²) in [5.74, 6) is 0.281. The average molecular weight is 777 g/mol. The zero-order valence-electron chi connectivity index (χ0n) is 33.5. The van der Waals surface area contributed by atoms with E-state index in [1.54, 1.807) is 6.26 Å². The number of hydrogen-bond donors (Lipinski definition) is 3. The summed E-state index contributed by atoms with van der Waals surface area (Å²) in [6.07, 6.45) is 8.94. The number of aliphatic hydroxyl groups is 2. The molecule has 9 aliphatic rings. The number of epoxide rings is 1. The topological polar surface area (TPSA) is 160 Å². The van der Waals surface area contributed by atoms with Gasteiger partial charge >= 0.3 is 11.9 Å². The Balaban J connectivity index is 0.975. The van der Waals surface area contributed by atoms with Crippen LogP contribution >= 0.6 is 0 Å². The largest absolute Gasteiger partial charge is 0.469 e. The molecule has 7 heterocycles. The van der Waals surface area contributed by atoms with E-state index in [4.69, 9.17) is 23.4 Å². The first-order valence-corrected chi connectivity index (χ1v) is 21.5. The summed E-state index contributed by atoms with van der Waals surface area (Å²) in [5.41, 5.74) is -4.26. The van der Waals surface area contributed by atoms with Crippen LogP contribution in [0.15, 0.2) is 29.0 Å². The summed E-state index contributed by atoms with van der Waals surface area (Å²) < 4.78 is 32.1. The van der Waals surface area contributed by atoms with E-state index in [-0.39, 0.29) is 43.2 Å². The molecule has 5 saturated heterocycles. The molecule has 3 saturated carbocycles. The second-order valence-corrected chi connectivity index (χ2v) is 20.3. The lowest BCUT2D eigenvalue weighted by atomic mass is 9.36. The number of hydrogen-bond acceptors (Lipinski definition) is 12. The van der Waals surface area contributed by atoms with Crippen molar-refractivity contribution in [2.24, 2.45) is 57.7 Å². The van der Waals surface area contributed by atoms with E-state index in [0.717, 1.165) is 44.5 Å². The van der Waals surface area contributed by atoms with Gasteiger partial charge in [-0.3, -0.25) is 14.9 Å². The second-order valence-electron chi connectivity index (χ2n) is 20.3. The van der Waals surface area contributed by atoms with Crippen LogP contribution in [0.5, 0.6) is 0 Å². The van der Waals surface area contributed by atoms with Gasteiger partial charge < -0.3 is 38.5 Å². The third kappa shape index (κ3) is 4.73. The molecule has 8 fully saturated rings. The van der Waals surface area contributed by atoms with E-state index < -0.39 is 63.8 Å². The van der Waals surface area contributed by atoms with Gasteiger partial charge in [0, 0.05) is 47.4 Å². The second kappa shape index (κ2) is 12.6. The first kappa shape index (κ1) is 37.5. The van der Waals surface area contributed by atoms with Crippen molar-refractivity contribution in [3.05, 3.63) is 35.9 Å². The minimum absolute atomic E-state index is 0.0274. The van der Waals surface area contributed by atoms with Crippen LogP contribution in [0.2, 0.25) is 0 Å². The number of nitrogens with zero attached hydrogens (tertiary/aromatic N) is 1. The highest BCUT2D eigenvalue weighted by atomic mass is 16.7. The fourth-order valence-electron chi connectivity index (χ4n) is 14.8. The molecule has 6 aliphatic heterocycles. The summed E-state index contributed by atoms with van der Waals surface area (Å²) in [4.78, 5) is 44.4. The lowest BCUT2D eigenvalue weighted by Gasteiger charge is -2.66. The molecular formula is C44H60N2O10. The molecule has 10 rings (SSSR count). The Hall–Kier alpha value is -2.77. The number of carbonyl (C=O) groups excluding carboxylic acids is 3. The Kier molecular flexibility index (Phi) is 8.45. The number of nitrogens with one attached hydrogen (secondary N) is 1. The Morgan fingerprint density at radius 3 is 2.68 bits per heavy atom. The molecule has 0 radical (unpaired) electrons. The number of carbonyl (C=O) groups is 3. The highest BCUT2D eigenvalue weighted by molar-refractivity contribution is 5.92. The Labute approximate surface area is 329 Å². The van der Waals surface area contributed by atoms with Crippen molar-refractivity contribution in [1.29, 1.82) is 0 Å². The fourth-order valence-corrected chi connectivity index (χ4v) is 14.8. The first-order valence-electron chi connectivity index (χ1n) is 21.5. The van der Waals surface area contributed by atoms with Crippen LogP contribution in [0, 0.1) is 57.7 Å². The van der Waals surface area contributed by atoms with E-state index >= 15 is 4.79 Å². The van der Waals surface area contributed by atoms with Crippen molar-refractivity contribution in [3.8, 4) is 0 Å². The number of ketones is 1. The molecule has 56 heavy (non-hydrogen) atoms. The molecule has 0 amide bonds. The summed E-state index contributed by atoms with van der Waals surface area (Å²) >= 11 is 0. The van der Waals surface area contributed by atoms with Gasteiger partial charge in [0.05, 0.1) is 37.0 Å². The van der Waals surface area contributed by atoms with Crippen LogP contribution < -0.4 is 5.32 Å². The maximum absolute atomic E-state index is 15.0. The number of ether oxygens (including phenoxy) is 4. The van der Waals surface area contributed by atoms with E-state index in [1.807, 2.05) is 19.9 Å². The summed E-state index contributed by atoms with van der Waals surface area (Å²) in [7, 11) is 0. The molecule has 306 valence electrons. The number of cyclic esters (lactones) is 2. The smallest absolute Gasteiger partial charge is 0.339 e. The lowest BCUT2D eigenvalue weighted by Crippen LogP contribution is -2.76. The number of furan rings is 1. The first-order chi connectivity index (χ1) is 26.7. The minimum Gasteiger partial charge on any atom is -0.469 e. The van der Waals surface area contributed by atoms with Crippen molar-refractivity contribution in [2.75, 3.05) is 26.4 Å². The number of aliphatic hydroxyl groups excluding tert-OH is 2. The zero-order valence-corrected chi connectivity index (χ0v) is 33.5. The standard InChI is InChI=1S/C44H60N2O10/c1-23(2)8-13-41(4)35-34(49)36(50)42(5)31(43(35)21-53-33(48)18-32(43)55-41)9-12-40(3)37(54-39(51)38-44(40,42)56-38)28-11-15-52-30(28)17-26(20-47)24-6-7-27-25(16-24)10-14-46-22-45-19-29(27)46/h10-11,14-15,23-27,29,31-32,35-38,45,47,50H,6-9,12-13,16-22H2,1-5H3. The molecular weight excluding hydrogens is 716 g/mol. The van der Waals surface area contributed by atoms with Gasteiger partial charge in [-0.25, -0.2) is 4.79 Å². The maximum Gasteiger partial charge on any atom is 0.339 e. The normalized spacial score (nSPS) is 49.1. The van der Waals surface area contributed by atoms with Gasteiger partial charge in [0.2, 0.25) is 0 Å². The monoisotopic (exact) mass is 776 g/mol. The van der Waals surface area contributed by atoms with Crippen LogP contribution in [0.4, 0.5) is 0 Å². The van der Waals surface area contributed by atoms with Gasteiger partial charge in [0.25, 0.3) is 0 Å². The van der Waals surface area contributed by atoms with Crippen molar-refractivity contribution < 1.29 is 48.0 Å². The molecule has 12 nitrogen and oxygen atoms in total. The van der Waals surface area contributed by atoms with Crippen LogP contribution in [-0.2, 0) is 39.8 Å². The molecule has 2 spiro atoms. The summed E-state index contributed by atoms with van der Waals surface area (Å²) in [6, 6.07) is 2.42. The minimum atomic E-state index is -1.43. The zero-order chi connectivity index (χ0) is 39.2. The quantitative estimate of drug-likeness (QED) is 0.252. The fraction of sp³-hybridized carbons (Fsp3) is 0.795. The SMILES string of the molecule is CC(C)CCC1(C)OC2CC(=O)OCC23C1C(=O)C(O)C1(C)C3CCC2(C)C(c3ccoc3CC(CO)C3CCC4C(C=CN5CNCC45)C3)OC(=O)C3OC321. The van der Waals surface area contributed by atoms with Crippen LogP contribution in [0.3, 0.4) is 0 Å². The lowest BCUT2D eigenvalue weighted by molar-refractivity contribution is -0.252. The third-order valence-corrected chi connectivity index (χ3v) is 17.5. The molecule has 0 aromatic carbocycles. The van der Waals surface area contributed by atoms with Gasteiger partial charge in [-0.15, -0.1) is 0 Å². The number of allylic oxidation sites excluding steroid dienone is 1. The van der Waals surface area contributed by atoms with Crippen LogP contribution in [0.1, 0.15) is 103 Å². The number of Topliss-reactive ketones (excluding diaryl/α,β-unsaturated/α-hetero) is 1. The third-order valence-electron chi connectivity index (χ3n) is 17.5. The van der Waals surface area contributed by atoms with Gasteiger partial charge in [0.1, 0.15) is 30.2 Å². The van der Waals surface area contributed by atoms with Crippen molar-refractivity contribution in [3.63, 3.8) is 0 Å². The van der Waals surface area contributed by atoms with E-state index in [1.165, 1.54) is 0 Å². The van der Waals surface area contributed by atoms with Crippen molar-refractivity contribution >= 4 is 17.7 Å². The highest BCUT2D eigenvalue weighted by Gasteiger charge is 2.91. The molecule has 0 bridgehead atoms. The molecule has 1 aromatic heterocycles. The number of esters is 2. The average Bonchev–Trinajstić information content (AvgIpc) is 3.42. The molecule has 16 unspecified atom stereocenters. The van der Waals surface area contributed by atoms with Gasteiger partial charge in [0.15, 0.2) is 11.9 Å². The highest BCUT2D eigenvalue weighted by Crippen LogP contribution is 2.80. The Morgan fingerprint density at radius 1 is 1.07 bits per heavy atom. The van der Waals surface area contributed by atoms with E-state index in [0.29, 0.717) is 61.2 Å². The van der Waals surface area contributed by atoms with E-state index in [9.17, 15) is 19.8 Å². The predicted octanol–water partition coefficient (Wildman–Crippen LogP) is 4.47. The van der Waals surface area contributed by atoms with E-state index in [2.05, 4.69) is 43.3 Å². The number of fused-ring (bicyclic) bond motifs is 4. The Bertz CT molecular complexity index is 1830. The van der Waals surface area contributed by atoms with Crippen LogP contribution in [0.25, 0.3) is 0 Å². The van der Waals surface area contributed by atoms with Crippen LogP contribution in [-0.4, -0.2) is 94.8 Å². The van der Waals surface area contributed by atoms with Gasteiger partial charge in [-0.05, 0) is 99.6 Å². The summed E-state index contributed by atoms with van der Waals surface area (Å²) in [6.45, 7) is 12.3. The molecule has 12 heteroatoms.